The van der Waals surface area contributed by atoms with Crippen molar-refractivity contribution in [3.05, 3.63) is 22.8 Å². The quantitative estimate of drug-likeness (QED) is 0.517. The topological polar surface area (TPSA) is 25.8 Å². The van der Waals surface area contributed by atoms with Gasteiger partial charge >= 0.3 is 0 Å². The molecule has 1 aromatic rings. The average molecular weight is 147 g/mol. The molecule has 0 fully saturated rings. The molecule has 0 bridgehead atoms. The maximum Gasteiger partial charge on any atom is 0.125 e. The molecule has 0 atom stereocenters. The second kappa shape index (κ2) is 3.51. The molecule has 11 heavy (non-hydrogen) atoms. The molecule has 3 heteroatoms. The maximum atomic E-state index is 4.22. The van der Waals surface area contributed by atoms with E-state index in [1.165, 1.54) is 5.56 Å². The Morgan fingerprint density at radius 1 is 0.818 bits per heavy atom. The van der Waals surface area contributed by atoms with Crippen LogP contribution in [0.4, 0.5) is 0 Å². The predicted molar refractivity (Wildman–Crippen MR) is 46.7 cm³/mol. The van der Waals surface area contributed by atoms with Crippen molar-refractivity contribution in [3.63, 3.8) is 0 Å². The van der Waals surface area contributed by atoms with Crippen LogP contribution in [0.2, 0.25) is 0 Å². The Balaban J connectivity index is 0.000001000. The molecule has 0 saturated heterocycles. The molecule has 1 heterocycles. The fourth-order valence-electron chi connectivity index (χ4n) is 0.940. The zero-order chi connectivity index (χ0) is 7.72. The highest BCUT2D eigenvalue weighted by Crippen LogP contribution is 2.06. The lowest BCUT2D eigenvalue weighted by Crippen LogP contribution is -1.97. The van der Waals surface area contributed by atoms with Gasteiger partial charge in [0, 0.05) is 19.8 Å². The van der Waals surface area contributed by atoms with Gasteiger partial charge in [0.25, 0.3) is 0 Å². The molecule has 0 N–H and O–H groups in total. The maximum absolute atomic E-state index is 4.22. The number of rotatable bonds is 0. The van der Waals surface area contributed by atoms with Gasteiger partial charge in [0.2, 0.25) is 0 Å². The minimum atomic E-state index is 0. The summed E-state index contributed by atoms with van der Waals surface area (Å²) in [6.45, 7) is 7.98. The van der Waals surface area contributed by atoms with Crippen molar-refractivity contribution in [2.24, 2.45) is 0 Å². The van der Waals surface area contributed by atoms with Crippen molar-refractivity contribution in [1.29, 1.82) is 0 Å². The van der Waals surface area contributed by atoms with Crippen molar-refractivity contribution < 1.29 is 0 Å². The third-order valence-electron chi connectivity index (χ3n) is 1.74. The van der Waals surface area contributed by atoms with E-state index in [9.17, 15) is 0 Å². The first kappa shape index (κ1) is 10.1. The Morgan fingerprint density at radius 3 is 1.55 bits per heavy atom. The van der Waals surface area contributed by atoms with E-state index in [2.05, 4.69) is 9.97 Å². The number of aryl methyl sites for hydroxylation is 3. The molecule has 0 aromatic carbocycles. The molecule has 1 rings (SSSR count). The van der Waals surface area contributed by atoms with Crippen LogP contribution in [0.5, 0.6) is 0 Å². The normalized spacial score (nSPS) is 9.09. The Hall–Kier alpha value is -0.855. The standard InChI is InChI=1S/C8H12N2.B/c1-5-6(2)9-8(4)10-7(5)3;/h1-4H3;. The molecular weight excluding hydrogens is 135 g/mol. The van der Waals surface area contributed by atoms with Gasteiger partial charge in [0.1, 0.15) is 5.82 Å². The summed E-state index contributed by atoms with van der Waals surface area (Å²) in [5.41, 5.74) is 3.38. The highest BCUT2D eigenvalue weighted by atomic mass is 14.9. The average Bonchev–Trinajstić information content (AvgIpc) is 1.82. The van der Waals surface area contributed by atoms with Crippen LogP contribution < -0.4 is 0 Å². The van der Waals surface area contributed by atoms with Gasteiger partial charge < -0.3 is 0 Å². The van der Waals surface area contributed by atoms with Crippen molar-refractivity contribution in [1.82, 2.24) is 9.97 Å². The molecule has 0 saturated carbocycles. The fourth-order valence-corrected chi connectivity index (χ4v) is 0.940. The van der Waals surface area contributed by atoms with Crippen LogP contribution in [0.15, 0.2) is 0 Å². The van der Waals surface area contributed by atoms with Crippen LogP contribution in [0.25, 0.3) is 0 Å². The predicted octanol–water partition coefficient (Wildman–Crippen LogP) is 1.33. The van der Waals surface area contributed by atoms with Gasteiger partial charge in [-0.2, -0.15) is 0 Å². The second-order valence-electron chi connectivity index (χ2n) is 2.57. The summed E-state index contributed by atoms with van der Waals surface area (Å²) < 4.78 is 0. The van der Waals surface area contributed by atoms with E-state index >= 15 is 0 Å². The van der Waals surface area contributed by atoms with Gasteiger partial charge in [-0.15, -0.1) is 0 Å². The molecule has 0 aliphatic heterocycles. The monoisotopic (exact) mass is 147 g/mol. The molecular formula is C8H12BN2. The summed E-state index contributed by atoms with van der Waals surface area (Å²) in [7, 11) is 0. The first-order valence-electron chi connectivity index (χ1n) is 3.39. The molecule has 0 spiro atoms. The molecule has 3 radical (unpaired) electrons. The lowest BCUT2D eigenvalue weighted by atomic mass is 10.2. The van der Waals surface area contributed by atoms with Crippen LogP contribution in [0.3, 0.4) is 0 Å². The third kappa shape index (κ3) is 2.04. The van der Waals surface area contributed by atoms with Gasteiger partial charge in [-0.1, -0.05) is 0 Å². The van der Waals surface area contributed by atoms with E-state index in [0.717, 1.165) is 17.2 Å². The molecule has 0 amide bonds. The van der Waals surface area contributed by atoms with E-state index in [-0.39, 0.29) is 8.41 Å². The number of aromatic nitrogens is 2. The summed E-state index contributed by atoms with van der Waals surface area (Å²) >= 11 is 0. The van der Waals surface area contributed by atoms with Crippen LogP contribution in [-0.2, 0) is 0 Å². The lowest BCUT2D eigenvalue weighted by molar-refractivity contribution is 0.948. The van der Waals surface area contributed by atoms with Crippen molar-refractivity contribution >= 4 is 8.41 Å². The van der Waals surface area contributed by atoms with Crippen molar-refractivity contribution in [3.8, 4) is 0 Å². The third-order valence-corrected chi connectivity index (χ3v) is 1.74. The van der Waals surface area contributed by atoms with Crippen molar-refractivity contribution in [2.45, 2.75) is 27.7 Å². The minimum Gasteiger partial charge on any atom is -0.238 e. The minimum absolute atomic E-state index is 0. The summed E-state index contributed by atoms with van der Waals surface area (Å²) in [4.78, 5) is 8.45. The largest absolute Gasteiger partial charge is 0.238 e. The number of hydrogen-bond acceptors (Lipinski definition) is 2. The van der Waals surface area contributed by atoms with Crippen LogP contribution in [-0.4, -0.2) is 18.4 Å². The van der Waals surface area contributed by atoms with Gasteiger partial charge in [-0.05, 0) is 33.3 Å². The molecule has 0 aliphatic carbocycles. The van der Waals surface area contributed by atoms with Gasteiger partial charge in [-0.25, -0.2) is 9.97 Å². The number of hydrogen-bond donors (Lipinski definition) is 0. The van der Waals surface area contributed by atoms with E-state index < -0.39 is 0 Å². The van der Waals surface area contributed by atoms with Gasteiger partial charge in [-0.3, -0.25) is 0 Å². The smallest absolute Gasteiger partial charge is 0.125 e. The molecule has 0 aliphatic rings. The summed E-state index contributed by atoms with van der Waals surface area (Å²) in [6, 6.07) is 0. The Bertz CT molecular complexity index is 235. The highest BCUT2D eigenvalue weighted by Gasteiger charge is 1.99. The van der Waals surface area contributed by atoms with E-state index in [1.807, 2.05) is 27.7 Å². The van der Waals surface area contributed by atoms with Crippen LogP contribution in [0.1, 0.15) is 22.8 Å². The lowest BCUT2D eigenvalue weighted by Gasteiger charge is -2.02. The van der Waals surface area contributed by atoms with Gasteiger partial charge in [0.05, 0.1) is 0 Å². The van der Waals surface area contributed by atoms with Crippen molar-refractivity contribution in [2.75, 3.05) is 0 Å². The summed E-state index contributed by atoms with van der Waals surface area (Å²) in [5, 5.41) is 0. The number of nitrogens with zero attached hydrogens (tertiary/aromatic N) is 2. The first-order valence-corrected chi connectivity index (χ1v) is 3.39. The Morgan fingerprint density at radius 2 is 1.18 bits per heavy atom. The summed E-state index contributed by atoms with van der Waals surface area (Å²) in [6.07, 6.45) is 0. The highest BCUT2D eigenvalue weighted by molar-refractivity contribution is 5.75. The van der Waals surface area contributed by atoms with Crippen LogP contribution in [0, 0.1) is 27.7 Å². The first-order chi connectivity index (χ1) is 4.61. The zero-order valence-electron chi connectivity index (χ0n) is 7.47. The molecule has 2 nitrogen and oxygen atoms in total. The molecule has 1 aromatic heterocycles. The summed E-state index contributed by atoms with van der Waals surface area (Å²) in [5.74, 6) is 0.862. The van der Waals surface area contributed by atoms with E-state index in [4.69, 9.17) is 0 Å². The van der Waals surface area contributed by atoms with Crippen LogP contribution >= 0.6 is 0 Å². The molecule has 57 valence electrons. The second-order valence-corrected chi connectivity index (χ2v) is 2.57. The zero-order valence-corrected chi connectivity index (χ0v) is 7.47. The van der Waals surface area contributed by atoms with E-state index in [0.29, 0.717) is 0 Å². The fraction of sp³-hybridized carbons (Fsp3) is 0.500. The van der Waals surface area contributed by atoms with E-state index in [1.54, 1.807) is 0 Å². The SMILES string of the molecule is Cc1nc(C)c(C)c(C)n1.[B]. The molecule has 0 unspecified atom stereocenters. The Kier molecular flexibility index (Phi) is 3.24. The Labute approximate surface area is 69.7 Å². The van der Waals surface area contributed by atoms with Gasteiger partial charge in [0.15, 0.2) is 0 Å².